The largest absolute Gasteiger partial charge is 0.299 e. The minimum Gasteiger partial charge on any atom is -0.299 e. The zero-order valence-electron chi connectivity index (χ0n) is 9.05. The van der Waals surface area contributed by atoms with Crippen molar-refractivity contribution in [1.29, 1.82) is 0 Å². The van der Waals surface area contributed by atoms with Crippen molar-refractivity contribution in [1.82, 2.24) is 9.36 Å². The number of carbonyl (C=O) groups excluding carboxylic acids is 1. The summed E-state index contributed by atoms with van der Waals surface area (Å²) < 4.78 is 3.97. The maximum atomic E-state index is 11.8. The highest BCUT2D eigenvalue weighted by Crippen LogP contribution is 2.22. The van der Waals surface area contributed by atoms with Gasteiger partial charge in [-0.25, -0.2) is 4.98 Å². The molecule has 0 spiro atoms. The molecular formula is C11H10ClN3OS. The lowest BCUT2D eigenvalue weighted by molar-refractivity contribution is -0.116. The van der Waals surface area contributed by atoms with Crippen LogP contribution in [0.4, 0.5) is 5.13 Å². The van der Waals surface area contributed by atoms with Crippen molar-refractivity contribution >= 4 is 34.2 Å². The molecule has 0 saturated heterocycles. The van der Waals surface area contributed by atoms with Crippen molar-refractivity contribution in [2.24, 2.45) is 0 Å². The van der Waals surface area contributed by atoms with E-state index in [1.165, 1.54) is 0 Å². The van der Waals surface area contributed by atoms with Gasteiger partial charge < -0.3 is 0 Å². The van der Waals surface area contributed by atoms with E-state index in [4.69, 9.17) is 11.6 Å². The average Bonchev–Trinajstić information content (AvgIpc) is 2.75. The van der Waals surface area contributed by atoms with E-state index in [-0.39, 0.29) is 5.91 Å². The average molecular weight is 268 g/mol. The normalized spacial score (nSPS) is 12.1. The van der Waals surface area contributed by atoms with Crippen LogP contribution in [0.15, 0.2) is 30.3 Å². The van der Waals surface area contributed by atoms with E-state index in [1.54, 1.807) is 6.92 Å². The molecule has 1 aromatic carbocycles. The molecule has 0 bridgehead atoms. The van der Waals surface area contributed by atoms with Gasteiger partial charge in [0.25, 0.3) is 0 Å². The first kappa shape index (κ1) is 12.0. The van der Waals surface area contributed by atoms with Crippen molar-refractivity contribution in [3.05, 3.63) is 41.7 Å². The predicted molar refractivity (Wildman–Crippen MR) is 68.3 cm³/mol. The minimum absolute atomic E-state index is 0.297. The Hall–Kier alpha value is -1.46. The number of benzene rings is 1. The van der Waals surface area contributed by atoms with E-state index in [0.29, 0.717) is 11.0 Å². The summed E-state index contributed by atoms with van der Waals surface area (Å²) in [5.41, 5.74) is 0.757. The van der Waals surface area contributed by atoms with Crippen molar-refractivity contribution < 1.29 is 4.79 Å². The smallest absolute Gasteiger partial charge is 0.248 e. The van der Waals surface area contributed by atoms with Crippen LogP contribution in [-0.4, -0.2) is 15.3 Å². The van der Waals surface area contributed by atoms with Crippen LogP contribution in [0.3, 0.4) is 0 Å². The zero-order chi connectivity index (χ0) is 12.3. The quantitative estimate of drug-likeness (QED) is 0.870. The lowest BCUT2D eigenvalue weighted by atomic mass is 10.1. The van der Waals surface area contributed by atoms with Crippen LogP contribution < -0.4 is 5.32 Å². The number of nitrogens with one attached hydrogen (secondary N) is 1. The van der Waals surface area contributed by atoms with Crippen LogP contribution in [0.1, 0.15) is 16.8 Å². The number of aromatic nitrogens is 2. The molecule has 0 aliphatic rings. The van der Waals surface area contributed by atoms with Crippen LogP contribution >= 0.6 is 23.1 Å². The number of amides is 1. The van der Waals surface area contributed by atoms with Gasteiger partial charge in [-0.05, 0) is 12.5 Å². The van der Waals surface area contributed by atoms with Gasteiger partial charge in [0.05, 0.1) is 0 Å². The van der Waals surface area contributed by atoms with E-state index >= 15 is 0 Å². The Morgan fingerprint density at radius 1 is 1.41 bits per heavy atom. The fourth-order valence-electron chi connectivity index (χ4n) is 1.29. The second-order valence-electron chi connectivity index (χ2n) is 3.41. The second-order valence-corrected chi connectivity index (χ2v) is 4.60. The molecule has 1 aromatic heterocycles. The molecule has 0 radical (unpaired) electrons. The standard InChI is InChI=1S/C11H10ClN3OS/c1-7-13-11(17-15-7)14-10(16)9(12)8-5-3-2-4-6-8/h2-6,9H,1H3,(H,13,14,15,16). The van der Waals surface area contributed by atoms with Gasteiger partial charge in [-0.2, -0.15) is 4.37 Å². The van der Waals surface area contributed by atoms with E-state index in [2.05, 4.69) is 14.7 Å². The predicted octanol–water partition coefficient (Wildman–Crippen LogP) is 2.77. The molecule has 0 saturated carbocycles. The van der Waals surface area contributed by atoms with Crippen molar-refractivity contribution in [2.75, 3.05) is 5.32 Å². The summed E-state index contributed by atoms with van der Waals surface area (Å²) in [5, 5.41) is 2.38. The first-order valence-electron chi connectivity index (χ1n) is 4.97. The topological polar surface area (TPSA) is 54.9 Å². The highest BCUT2D eigenvalue weighted by Gasteiger charge is 2.18. The zero-order valence-corrected chi connectivity index (χ0v) is 10.6. The number of hydrogen-bond donors (Lipinski definition) is 1. The SMILES string of the molecule is Cc1nsc(NC(=O)C(Cl)c2ccccc2)n1. The number of alkyl halides is 1. The molecule has 1 atom stereocenters. The molecule has 1 heterocycles. The van der Waals surface area contributed by atoms with Crippen LogP contribution in [0.25, 0.3) is 0 Å². The van der Waals surface area contributed by atoms with Gasteiger partial charge in [-0.3, -0.25) is 10.1 Å². The Bertz CT molecular complexity index is 514. The number of halogens is 1. The molecule has 1 N–H and O–H groups in total. The first-order valence-corrected chi connectivity index (χ1v) is 6.18. The van der Waals surface area contributed by atoms with Gasteiger partial charge in [0, 0.05) is 11.5 Å². The summed E-state index contributed by atoms with van der Waals surface area (Å²) >= 11 is 7.20. The van der Waals surface area contributed by atoms with Crippen molar-refractivity contribution in [2.45, 2.75) is 12.3 Å². The first-order chi connectivity index (χ1) is 8.16. The maximum Gasteiger partial charge on any atom is 0.248 e. The number of nitrogens with zero attached hydrogens (tertiary/aromatic N) is 2. The fourth-order valence-corrected chi connectivity index (χ4v) is 2.07. The molecule has 1 amide bonds. The Morgan fingerprint density at radius 2 is 2.12 bits per heavy atom. The van der Waals surface area contributed by atoms with E-state index in [1.807, 2.05) is 30.3 Å². The van der Waals surface area contributed by atoms with Gasteiger partial charge in [0.15, 0.2) is 0 Å². The Labute approximate surface area is 108 Å². The summed E-state index contributed by atoms with van der Waals surface area (Å²) in [5.74, 6) is 0.338. The summed E-state index contributed by atoms with van der Waals surface area (Å²) in [7, 11) is 0. The van der Waals surface area contributed by atoms with E-state index < -0.39 is 5.38 Å². The highest BCUT2D eigenvalue weighted by atomic mass is 35.5. The van der Waals surface area contributed by atoms with E-state index in [0.717, 1.165) is 17.1 Å². The van der Waals surface area contributed by atoms with Crippen molar-refractivity contribution in [3.8, 4) is 0 Å². The van der Waals surface area contributed by atoms with Crippen LogP contribution in [0.2, 0.25) is 0 Å². The summed E-state index contributed by atoms with van der Waals surface area (Å²) in [6.45, 7) is 1.77. The Morgan fingerprint density at radius 3 is 2.71 bits per heavy atom. The highest BCUT2D eigenvalue weighted by molar-refractivity contribution is 7.09. The molecule has 17 heavy (non-hydrogen) atoms. The maximum absolute atomic E-state index is 11.8. The third-order valence-corrected chi connectivity index (χ3v) is 3.25. The molecule has 4 nitrogen and oxygen atoms in total. The molecule has 0 aliphatic carbocycles. The number of carbonyl (C=O) groups is 1. The number of hydrogen-bond acceptors (Lipinski definition) is 4. The molecule has 2 aromatic rings. The van der Waals surface area contributed by atoms with Crippen LogP contribution in [0.5, 0.6) is 0 Å². The summed E-state index contributed by atoms with van der Waals surface area (Å²) in [6.07, 6.45) is 0. The number of anilines is 1. The third kappa shape index (κ3) is 3.01. The lowest BCUT2D eigenvalue weighted by Gasteiger charge is -2.08. The van der Waals surface area contributed by atoms with E-state index in [9.17, 15) is 4.79 Å². The lowest BCUT2D eigenvalue weighted by Crippen LogP contribution is -2.17. The fraction of sp³-hybridized carbons (Fsp3) is 0.182. The molecular weight excluding hydrogens is 258 g/mol. The molecule has 88 valence electrons. The molecule has 2 rings (SSSR count). The van der Waals surface area contributed by atoms with Crippen LogP contribution in [0, 0.1) is 6.92 Å². The van der Waals surface area contributed by atoms with Crippen molar-refractivity contribution in [3.63, 3.8) is 0 Å². The van der Waals surface area contributed by atoms with Gasteiger partial charge in [0.1, 0.15) is 11.2 Å². The monoisotopic (exact) mass is 267 g/mol. The van der Waals surface area contributed by atoms with Gasteiger partial charge >= 0.3 is 0 Å². The second kappa shape index (κ2) is 5.25. The minimum atomic E-state index is -0.722. The van der Waals surface area contributed by atoms with Gasteiger partial charge in [-0.1, -0.05) is 30.3 Å². The third-order valence-electron chi connectivity index (χ3n) is 2.08. The van der Waals surface area contributed by atoms with Gasteiger partial charge in [0.2, 0.25) is 11.0 Å². The van der Waals surface area contributed by atoms with Gasteiger partial charge in [-0.15, -0.1) is 11.6 Å². The molecule has 1 unspecified atom stereocenters. The Balaban J connectivity index is 2.06. The molecule has 0 aliphatic heterocycles. The summed E-state index contributed by atoms with van der Waals surface area (Å²) in [4.78, 5) is 15.9. The Kier molecular flexibility index (Phi) is 3.71. The molecule has 0 fully saturated rings. The number of aryl methyl sites for hydroxylation is 1. The van der Waals surface area contributed by atoms with Crippen LogP contribution in [-0.2, 0) is 4.79 Å². The number of rotatable bonds is 3. The summed E-state index contributed by atoms with van der Waals surface area (Å²) in [6, 6.07) is 9.17. The molecule has 6 heteroatoms.